The third kappa shape index (κ3) is 1.74. The van der Waals surface area contributed by atoms with E-state index < -0.39 is 5.82 Å². The Morgan fingerprint density at radius 3 is 3.07 bits per heavy atom. The molecule has 0 aliphatic heterocycles. The third-order valence-corrected chi connectivity index (χ3v) is 2.61. The molecule has 1 heterocycles. The van der Waals surface area contributed by atoms with E-state index in [1.807, 2.05) is 6.26 Å². The maximum absolute atomic E-state index is 13.4. The molecule has 0 unspecified atom stereocenters. The second-order valence-electron chi connectivity index (χ2n) is 3.07. The second-order valence-corrected chi connectivity index (χ2v) is 3.91. The van der Waals surface area contributed by atoms with Gasteiger partial charge in [-0.1, -0.05) is 6.07 Å². The molecular weight excluding hydrogens is 215 g/mol. The van der Waals surface area contributed by atoms with Crippen LogP contribution >= 0.6 is 11.8 Å². The maximum Gasteiger partial charge on any atom is 0.264 e. The number of aromatic nitrogens is 2. The highest BCUT2D eigenvalue weighted by atomic mass is 32.2. The first-order chi connectivity index (χ1) is 7.24. The third-order valence-electron chi connectivity index (χ3n) is 2.07. The molecule has 0 fully saturated rings. The molecule has 0 saturated heterocycles. The minimum absolute atomic E-state index is 0.0639. The summed E-state index contributed by atoms with van der Waals surface area (Å²) in [4.78, 5) is 15.8. The topological polar surface area (TPSA) is 34.9 Å². The first-order valence-electron chi connectivity index (χ1n) is 4.36. The second kappa shape index (κ2) is 4.02. The number of hydrogen-bond donors (Lipinski definition) is 0. The molecule has 0 radical (unpaired) electrons. The number of hydrogen-bond acceptors (Lipinski definition) is 3. The van der Waals surface area contributed by atoms with Crippen molar-refractivity contribution in [2.75, 3.05) is 6.26 Å². The summed E-state index contributed by atoms with van der Waals surface area (Å²) >= 11 is 1.48. The lowest BCUT2D eigenvalue weighted by atomic mass is 10.2. The fourth-order valence-electron chi connectivity index (χ4n) is 1.39. The van der Waals surface area contributed by atoms with Crippen LogP contribution in [-0.4, -0.2) is 15.8 Å². The van der Waals surface area contributed by atoms with Crippen LogP contribution in [0, 0.1) is 5.82 Å². The smallest absolute Gasteiger partial charge is 0.264 e. The largest absolute Gasteiger partial charge is 0.289 e. The summed E-state index contributed by atoms with van der Waals surface area (Å²) in [5, 5.41) is 0.0639. The van der Waals surface area contributed by atoms with Gasteiger partial charge in [0.2, 0.25) is 0 Å². The van der Waals surface area contributed by atoms with Crippen LogP contribution in [0.4, 0.5) is 4.39 Å². The fourth-order valence-corrected chi connectivity index (χ4v) is 1.85. The van der Waals surface area contributed by atoms with Crippen molar-refractivity contribution in [3.05, 3.63) is 40.7 Å². The normalized spacial score (nSPS) is 10.8. The van der Waals surface area contributed by atoms with Gasteiger partial charge in [0.15, 0.2) is 0 Å². The van der Waals surface area contributed by atoms with E-state index in [0.717, 1.165) is 0 Å². The minimum atomic E-state index is -0.513. The van der Waals surface area contributed by atoms with Crippen molar-refractivity contribution in [1.29, 1.82) is 0 Å². The lowest BCUT2D eigenvalue weighted by molar-refractivity contribution is 0.636. The molecule has 0 aliphatic carbocycles. The number of benzene rings is 1. The van der Waals surface area contributed by atoms with Crippen LogP contribution in [0.5, 0.6) is 0 Å². The molecule has 1 aromatic heterocycles. The predicted octanol–water partition coefficient (Wildman–Crippen LogP) is 1.86. The highest BCUT2D eigenvalue weighted by Crippen LogP contribution is 2.10. The van der Waals surface area contributed by atoms with E-state index in [9.17, 15) is 9.18 Å². The van der Waals surface area contributed by atoms with Gasteiger partial charge in [0.1, 0.15) is 11.2 Å². The predicted molar refractivity (Wildman–Crippen MR) is 59.5 cm³/mol. The number of thioether (sulfide) groups is 1. The van der Waals surface area contributed by atoms with Crippen molar-refractivity contribution in [2.24, 2.45) is 0 Å². The average Bonchev–Trinajstić information content (AvgIpc) is 2.22. The van der Waals surface area contributed by atoms with E-state index >= 15 is 0 Å². The summed E-state index contributed by atoms with van der Waals surface area (Å²) < 4.78 is 14.8. The maximum atomic E-state index is 13.4. The highest BCUT2D eigenvalue weighted by molar-refractivity contribution is 7.97. The molecule has 2 aromatic rings. The molecule has 0 N–H and O–H groups in total. The van der Waals surface area contributed by atoms with Gasteiger partial charge in [-0.2, -0.15) is 0 Å². The zero-order chi connectivity index (χ0) is 10.8. The number of halogens is 1. The summed E-state index contributed by atoms with van der Waals surface area (Å²) in [5.74, 6) is -0.0312. The summed E-state index contributed by atoms with van der Waals surface area (Å²) in [6, 6.07) is 4.45. The Morgan fingerprint density at radius 2 is 2.33 bits per heavy atom. The monoisotopic (exact) mass is 224 g/mol. The van der Waals surface area contributed by atoms with Crippen molar-refractivity contribution >= 4 is 22.7 Å². The van der Waals surface area contributed by atoms with Crippen LogP contribution in [0.1, 0.15) is 0 Å². The van der Waals surface area contributed by atoms with Crippen LogP contribution in [-0.2, 0) is 5.88 Å². The van der Waals surface area contributed by atoms with Gasteiger partial charge in [0.25, 0.3) is 5.56 Å². The van der Waals surface area contributed by atoms with Gasteiger partial charge in [0.05, 0.1) is 17.7 Å². The van der Waals surface area contributed by atoms with Crippen molar-refractivity contribution in [1.82, 2.24) is 9.55 Å². The molecular formula is C10H9FN2OS. The van der Waals surface area contributed by atoms with Gasteiger partial charge >= 0.3 is 0 Å². The Hall–Kier alpha value is -1.36. The van der Waals surface area contributed by atoms with E-state index in [0.29, 0.717) is 11.4 Å². The fraction of sp³-hybridized carbons (Fsp3) is 0.200. The molecule has 5 heteroatoms. The van der Waals surface area contributed by atoms with Gasteiger partial charge in [0, 0.05) is 0 Å². The first-order valence-corrected chi connectivity index (χ1v) is 5.76. The lowest BCUT2D eigenvalue weighted by Gasteiger charge is -2.04. The Bertz CT molecular complexity index is 553. The Balaban J connectivity index is 2.77. The molecule has 78 valence electrons. The standard InChI is InChI=1S/C10H9FN2OS/c1-15-6-13-5-12-8-4-2-3-7(11)9(8)10(13)14/h2-5H,6H2,1H3. The van der Waals surface area contributed by atoms with Crippen LogP contribution in [0.3, 0.4) is 0 Å². The van der Waals surface area contributed by atoms with Gasteiger partial charge in [-0.05, 0) is 18.4 Å². The van der Waals surface area contributed by atoms with Gasteiger partial charge in [-0.3, -0.25) is 9.36 Å². The quantitative estimate of drug-likeness (QED) is 0.781. The van der Waals surface area contributed by atoms with Crippen molar-refractivity contribution in [2.45, 2.75) is 5.88 Å². The number of fused-ring (bicyclic) bond motifs is 1. The molecule has 2 rings (SSSR count). The van der Waals surface area contributed by atoms with Crippen LogP contribution in [0.25, 0.3) is 10.9 Å². The average molecular weight is 224 g/mol. The van der Waals surface area contributed by atoms with Crippen molar-refractivity contribution in [3.63, 3.8) is 0 Å². The Morgan fingerprint density at radius 1 is 1.53 bits per heavy atom. The summed E-state index contributed by atoms with van der Waals surface area (Å²) in [7, 11) is 0. The van der Waals surface area contributed by atoms with E-state index in [1.54, 1.807) is 12.1 Å². The number of rotatable bonds is 2. The van der Waals surface area contributed by atoms with E-state index in [-0.39, 0.29) is 10.9 Å². The van der Waals surface area contributed by atoms with Crippen LogP contribution in [0.2, 0.25) is 0 Å². The first kappa shape index (κ1) is 10.2. The molecule has 3 nitrogen and oxygen atoms in total. The number of nitrogens with zero attached hydrogens (tertiary/aromatic N) is 2. The van der Waals surface area contributed by atoms with E-state index in [4.69, 9.17) is 0 Å². The molecule has 15 heavy (non-hydrogen) atoms. The van der Waals surface area contributed by atoms with Crippen molar-refractivity contribution < 1.29 is 4.39 Å². The van der Waals surface area contributed by atoms with Gasteiger partial charge in [-0.15, -0.1) is 11.8 Å². The van der Waals surface area contributed by atoms with Gasteiger partial charge in [-0.25, -0.2) is 9.37 Å². The summed E-state index contributed by atoms with van der Waals surface area (Å²) in [6.07, 6.45) is 3.32. The molecule has 1 aromatic carbocycles. The summed E-state index contributed by atoms with van der Waals surface area (Å²) in [6.45, 7) is 0. The van der Waals surface area contributed by atoms with Gasteiger partial charge < -0.3 is 0 Å². The van der Waals surface area contributed by atoms with E-state index in [2.05, 4.69) is 4.98 Å². The zero-order valence-corrected chi connectivity index (χ0v) is 8.92. The van der Waals surface area contributed by atoms with Crippen LogP contribution < -0.4 is 5.56 Å². The van der Waals surface area contributed by atoms with Crippen molar-refractivity contribution in [3.8, 4) is 0 Å². The molecule has 0 saturated carbocycles. The highest BCUT2D eigenvalue weighted by Gasteiger charge is 2.07. The lowest BCUT2D eigenvalue weighted by Crippen LogP contribution is -2.20. The molecule has 0 amide bonds. The molecule has 0 spiro atoms. The zero-order valence-electron chi connectivity index (χ0n) is 8.11. The molecule has 0 atom stereocenters. The SMILES string of the molecule is CSCn1cnc2cccc(F)c2c1=O. The van der Waals surface area contributed by atoms with Crippen LogP contribution in [0.15, 0.2) is 29.3 Å². The molecule has 0 bridgehead atoms. The Labute approximate surface area is 89.9 Å². The molecule has 0 aliphatic rings. The minimum Gasteiger partial charge on any atom is -0.289 e. The van der Waals surface area contributed by atoms with E-state index in [1.165, 1.54) is 28.7 Å². The Kier molecular flexibility index (Phi) is 2.73. The summed E-state index contributed by atoms with van der Waals surface area (Å²) in [5.41, 5.74) is 0.0739.